The monoisotopic (exact) mass is 212 g/mol. The highest BCUT2D eigenvalue weighted by atomic mass is 15.1. The second kappa shape index (κ2) is 4.17. The summed E-state index contributed by atoms with van der Waals surface area (Å²) in [5.74, 6) is 0. The van der Waals surface area contributed by atoms with Crippen LogP contribution >= 0.6 is 0 Å². The maximum absolute atomic E-state index is 8.71. The Morgan fingerprint density at radius 1 is 1.38 bits per heavy atom. The van der Waals surface area contributed by atoms with Crippen LogP contribution in [0.4, 0.5) is 0 Å². The van der Waals surface area contributed by atoms with Gasteiger partial charge in [0.05, 0.1) is 29.9 Å². The summed E-state index contributed by atoms with van der Waals surface area (Å²) in [6.07, 6.45) is 3.48. The molecule has 16 heavy (non-hydrogen) atoms. The largest absolute Gasteiger partial charge is 0.323 e. The van der Waals surface area contributed by atoms with E-state index < -0.39 is 0 Å². The van der Waals surface area contributed by atoms with E-state index in [-0.39, 0.29) is 6.04 Å². The SMILES string of the molecule is C[C@@H](N)c1cncn1-c1ccc(C#N)cc1. The third-order valence-corrected chi connectivity index (χ3v) is 2.41. The van der Waals surface area contributed by atoms with E-state index in [4.69, 9.17) is 11.0 Å². The second-order valence-electron chi connectivity index (χ2n) is 3.64. The molecule has 4 nitrogen and oxygen atoms in total. The fraction of sp³-hybridized carbons (Fsp3) is 0.167. The van der Waals surface area contributed by atoms with E-state index in [2.05, 4.69) is 11.1 Å². The minimum atomic E-state index is -0.0712. The Kier molecular flexibility index (Phi) is 2.71. The molecule has 0 amide bonds. The summed E-state index contributed by atoms with van der Waals surface area (Å²) in [4.78, 5) is 4.08. The van der Waals surface area contributed by atoms with Crippen molar-refractivity contribution in [3.63, 3.8) is 0 Å². The molecule has 1 aromatic heterocycles. The van der Waals surface area contributed by atoms with Gasteiger partial charge in [-0.25, -0.2) is 4.98 Å². The minimum absolute atomic E-state index is 0.0712. The molecule has 2 N–H and O–H groups in total. The van der Waals surface area contributed by atoms with Crippen molar-refractivity contribution in [3.8, 4) is 11.8 Å². The van der Waals surface area contributed by atoms with Gasteiger partial charge in [0.1, 0.15) is 0 Å². The third kappa shape index (κ3) is 1.81. The zero-order valence-electron chi connectivity index (χ0n) is 8.96. The highest BCUT2D eigenvalue weighted by Crippen LogP contribution is 2.16. The quantitative estimate of drug-likeness (QED) is 0.824. The Labute approximate surface area is 94.0 Å². The first-order valence-corrected chi connectivity index (χ1v) is 5.00. The second-order valence-corrected chi connectivity index (χ2v) is 3.64. The van der Waals surface area contributed by atoms with E-state index in [0.717, 1.165) is 11.4 Å². The molecule has 2 aromatic rings. The highest BCUT2D eigenvalue weighted by Gasteiger charge is 2.07. The summed E-state index contributed by atoms with van der Waals surface area (Å²) in [6, 6.07) is 9.33. The van der Waals surface area contributed by atoms with Crippen molar-refractivity contribution < 1.29 is 0 Å². The summed E-state index contributed by atoms with van der Waals surface area (Å²) in [5.41, 5.74) is 8.39. The van der Waals surface area contributed by atoms with Crippen molar-refractivity contribution in [2.45, 2.75) is 13.0 Å². The Morgan fingerprint density at radius 2 is 2.06 bits per heavy atom. The molecule has 0 unspecified atom stereocenters. The van der Waals surface area contributed by atoms with E-state index in [1.807, 2.05) is 23.6 Å². The van der Waals surface area contributed by atoms with Gasteiger partial charge in [0.25, 0.3) is 0 Å². The van der Waals surface area contributed by atoms with Gasteiger partial charge in [-0.2, -0.15) is 5.26 Å². The van der Waals surface area contributed by atoms with Crippen molar-refractivity contribution in [2.75, 3.05) is 0 Å². The molecule has 0 fully saturated rings. The summed E-state index contributed by atoms with van der Waals surface area (Å²) < 4.78 is 1.92. The molecule has 0 spiro atoms. The molecule has 0 radical (unpaired) electrons. The first kappa shape index (κ1) is 10.4. The Bertz CT molecular complexity index is 517. The van der Waals surface area contributed by atoms with Crippen LogP contribution < -0.4 is 5.73 Å². The standard InChI is InChI=1S/C12H12N4/c1-9(14)12-7-15-8-16(12)11-4-2-10(6-13)3-5-11/h2-5,7-9H,14H2,1H3/t9-/m1/s1. The molecule has 0 saturated heterocycles. The number of nitrogens with two attached hydrogens (primary N) is 1. The molecule has 1 atom stereocenters. The molecule has 0 aliphatic rings. The van der Waals surface area contributed by atoms with Crippen molar-refractivity contribution in [1.29, 1.82) is 5.26 Å². The van der Waals surface area contributed by atoms with Gasteiger partial charge in [0.15, 0.2) is 0 Å². The van der Waals surface area contributed by atoms with Crippen molar-refractivity contribution in [1.82, 2.24) is 9.55 Å². The Balaban J connectivity index is 2.43. The van der Waals surface area contributed by atoms with Crippen LogP contribution in [-0.2, 0) is 0 Å². The van der Waals surface area contributed by atoms with Crippen molar-refractivity contribution >= 4 is 0 Å². The van der Waals surface area contributed by atoms with Gasteiger partial charge >= 0.3 is 0 Å². The number of imidazole rings is 1. The van der Waals surface area contributed by atoms with Crippen LogP contribution in [0.15, 0.2) is 36.8 Å². The fourth-order valence-electron chi connectivity index (χ4n) is 1.55. The molecule has 0 saturated carbocycles. The number of rotatable bonds is 2. The number of aromatic nitrogens is 2. The number of hydrogen-bond acceptors (Lipinski definition) is 3. The molecular weight excluding hydrogens is 200 g/mol. The van der Waals surface area contributed by atoms with Gasteiger partial charge in [-0.05, 0) is 31.2 Å². The zero-order chi connectivity index (χ0) is 11.5. The highest BCUT2D eigenvalue weighted by molar-refractivity contribution is 5.40. The Hall–Kier alpha value is -2.12. The van der Waals surface area contributed by atoms with Gasteiger partial charge in [-0.15, -0.1) is 0 Å². The first-order valence-electron chi connectivity index (χ1n) is 5.00. The lowest BCUT2D eigenvalue weighted by Crippen LogP contribution is -2.10. The van der Waals surface area contributed by atoms with E-state index in [0.29, 0.717) is 5.56 Å². The zero-order valence-corrected chi connectivity index (χ0v) is 8.96. The van der Waals surface area contributed by atoms with E-state index in [1.54, 1.807) is 24.7 Å². The Morgan fingerprint density at radius 3 is 2.62 bits per heavy atom. The fourth-order valence-corrected chi connectivity index (χ4v) is 1.55. The van der Waals surface area contributed by atoms with Crippen molar-refractivity contribution in [2.24, 2.45) is 5.73 Å². The lowest BCUT2D eigenvalue weighted by Gasteiger charge is -2.10. The van der Waals surface area contributed by atoms with Crippen LogP contribution in [0.1, 0.15) is 24.2 Å². The molecule has 2 rings (SSSR count). The van der Waals surface area contributed by atoms with Gasteiger partial charge in [-0.1, -0.05) is 0 Å². The topological polar surface area (TPSA) is 67.6 Å². The first-order chi connectivity index (χ1) is 7.72. The molecule has 4 heteroatoms. The summed E-state index contributed by atoms with van der Waals surface area (Å²) >= 11 is 0. The molecule has 80 valence electrons. The normalized spacial score (nSPS) is 12.1. The summed E-state index contributed by atoms with van der Waals surface area (Å²) in [5, 5.41) is 8.71. The smallest absolute Gasteiger partial charge is 0.0994 e. The van der Waals surface area contributed by atoms with E-state index in [1.165, 1.54) is 0 Å². The van der Waals surface area contributed by atoms with Crippen LogP contribution in [0.2, 0.25) is 0 Å². The predicted octanol–water partition coefficient (Wildman–Crippen LogP) is 1.76. The molecule has 0 aliphatic heterocycles. The number of nitriles is 1. The van der Waals surface area contributed by atoms with Crippen LogP contribution in [0, 0.1) is 11.3 Å². The van der Waals surface area contributed by atoms with Crippen LogP contribution in [0.3, 0.4) is 0 Å². The number of hydrogen-bond donors (Lipinski definition) is 1. The van der Waals surface area contributed by atoms with Gasteiger partial charge in [0.2, 0.25) is 0 Å². The molecule has 0 aliphatic carbocycles. The third-order valence-electron chi connectivity index (χ3n) is 2.41. The van der Waals surface area contributed by atoms with Crippen LogP contribution in [0.5, 0.6) is 0 Å². The molecule has 1 aromatic carbocycles. The summed E-state index contributed by atoms with van der Waals surface area (Å²) in [6.45, 7) is 1.91. The van der Waals surface area contributed by atoms with Gasteiger partial charge in [0, 0.05) is 11.7 Å². The predicted molar refractivity (Wildman–Crippen MR) is 60.9 cm³/mol. The van der Waals surface area contributed by atoms with E-state index >= 15 is 0 Å². The maximum Gasteiger partial charge on any atom is 0.0994 e. The van der Waals surface area contributed by atoms with Crippen molar-refractivity contribution in [3.05, 3.63) is 48.0 Å². The lowest BCUT2D eigenvalue weighted by atomic mass is 10.2. The van der Waals surface area contributed by atoms with Crippen LogP contribution in [-0.4, -0.2) is 9.55 Å². The number of nitrogens with zero attached hydrogens (tertiary/aromatic N) is 3. The average molecular weight is 212 g/mol. The molecular formula is C12H12N4. The van der Waals surface area contributed by atoms with Gasteiger partial charge < -0.3 is 10.3 Å². The number of benzene rings is 1. The average Bonchev–Trinajstić information content (AvgIpc) is 2.78. The maximum atomic E-state index is 8.71. The minimum Gasteiger partial charge on any atom is -0.323 e. The van der Waals surface area contributed by atoms with Crippen LogP contribution in [0.25, 0.3) is 5.69 Å². The van der Waals surface area contributed by atoms with E-state index in [9.17, 15) is 0 Å². The lowest BCUT2D eigenvalue weighted by molar-refractivity contribution is 0.752. The summed E-state index contributed by atoms with van der Waals surface area (Å²) in [7, 11) is 0. The van der Waals surface area contributed by atoms with Gasteiger partial charge in [-0.3, -0.25) is 0 Å². The molecule has 0 bridgehead atoms. The molecule has 1 heterocycles.